The molecular formula is C22H21BrN2O3S. The van der Waals surface area contributed by atoms with E-state index in [-0.39, 0.29) is 18.4 Å². The molecule has 0 saturated carbocycles. The van der Waals surface area contributed by atoms with Crippen LogP contribution in [0, 0.1) is 0 Å². The molecule has 1 heterocycles. The second-order valence-corrected chi connectivity index (χ2v) is 8.77. The number of anilines is 1. The molecule has 0 radical (unpaired) electrons. The number of halogens is 1. The van der Waals surface area contributed by atoms with Crippen molar-refractivity contribution >= 4 is 44.8 Å². The Bertz CT molecular complexity index is 975. The van der Waals surface area contributed by atoms with Crippen LogP contribution in [0.15, 0.2) is 70.5 Å². The molecule has 7 heteroatoms. The Morgan fingerprint density at radius 1 is 1.03 bits per heavy atom. The molecule has 0 bridgehead atoms. The van der Waals surface area contributed by atoms with E-state index in [1.165, 1.54) is 0 Å². The number of para-hydroxylation sites is 2. The van der Waals surface area contributed by atoms with Gasteiger partial charge in [0.2, 0.25) is 0 Å². The number of nitrogens with one attached hydrogen (secondary N) is 1. The Hall–Kier alpha value is -2.64. The number of ether oxygens (including phenoxy) is 1. The van der Waals surface area contributed by atoms with E-state index < -0.39 is 0 Å². The summed E-state index contributed by atoms with van der Waals surface area (Å²) in [6.45, 7) is 2.91. The Balaban J connectivity index is 1.64. The number of thiophene rings is 1. The fourth-order valence-corrected chi connectivity index (χ4v) is 4.23. The number of hydrogen-bond donors (Lipinski definition) is 1. The van der Waals surface area contributed by atoms with Crippen molar-refractivity contribution in [3.8, 4) is 5.75 Å². The minimum atomic E-state index is -0.282. The van der Waals surface area contributed by atoms with Crippen molar-refractivity contribution in [2.75, 3.05) is 18.5 Å². The molecule has 1 aromatic heterocycles. The van der Waals surface area contributed by atoms with Crippen molar-refractivity contribution in [1.82, 2.24) is 4.90 Å². The van der Waals surface area contributed by atoms with Crippen molar-refractivity contribution in [3.05, 3.63) is 81.0 Å². The normalized spacial score (nSPS) is 10.4. The van der Waals surface area contributed by atoms with Gasteiger partial charge in [-0.3, -0.25) is 9.59 Å². The van der Waals surface area contributed by atoms with Crippen molar-refractivity contribution in [2.24, 2.45) is 0 Å². The highest BCUT2D eigenvalue weighted by Gasteiger charge is 2.17. The van der Waals surface area contributed by atoms with E-state index in [4.69, 9.17) is 4.74 Å². The van der Waals surface area contributed by atoms with Crippen molar-refractivity contribution in [2.45, 2.75) is 13.5 Å². The van der Waals surface area contributed by atoms with Crippen LogP contribution >= 0.6 is 27.3 Å². The molecule has 2 aromatic carbocycles. The lowest BCUT2D eigenvalue weighted by atomic mass is 10.2. The highest BCUT2D eigenvalue weighted by molar-refractivity contribution is 9.11. The molecule has 5 nitrogen and oxygen atoms in total. The first-order valence-corrected chi connectivity index (χ1v) is 10.8. The zero-order valence-electron chi connectivity index (χ0n) is 15.9. The summed E-state index contributed by atoms with van der Waals surface area (Å²) in [5.41, 5.74) is 1.08. The van der Waals surface area contributed by atoms with E-state index in [2.05, 4.69) is 21.2 Å². The van der Waals surface area contributed by atoms with Crippen LogP contribution < -0.4 is 10.1 Å². The van der Waals surface area contributed by atoms with Crippen LogP contribution in [0.1, 0.15) is 22.2 Å². The fourth-order valence-electron chi connectivity index (χ4n) is 2.73. The van der Waals surface area contributed by atoms with Crippen molar-refractivity contribution in [1.29, 1.82) is 0 Å². The van der Waals surface area contributed by atoms with Gasteiger partial charge in [0.25, 0.3) is 11.8 Å². The maximum absolute atomic E-state index is 12.6. The number of likely N-dealkylation sites (N-methyl/N-ethyl adjacent to an activating group) is 1. The third kappa shape index (κ3) is 5.92. The fraction of sp³-hybridized carbons (Fsp3) is 0.182. The van der Waals surface area contributed by atoms with Gasteiger partial charge in [0, 0.05) is 17.1 Å². The van der Waals surface area contributed by atoms with Gasteiger partial charge in [-0.2, -0.15) is 0 Å². The van der Waals surface area contributed by atoms with Gasteiger partial charge < -0.3 is 15.0 Å². The molecule has 0 aliphatic rings. The zero-order chi connectivity index (χ0) is 20.6. The lowest BCUT2D eigenvalue weighted by Gasteiger charge is -2.20. The van der Waals surface area contributed by atoms with Gasteiger partial charge in [0.15, 0.2) is 6.61 Å². The summed E-state index contributed by atoms with van der Waals surface area (Å²) < 4.78 is 6.76. The van der Waals surface area contributed by atoms with E-state index in [9.17, 15) is 9.59 Å². The molecular weight excluding hydrogens is 452 g/mol. The Morgan fingerprint density at radius 2 is 1.76 bits per heavy atom. The monoisotopic (exact) mass is 472 g/mol. The summed E-state index contributed by atoms with van der Waals surface area (Å²) in [7, 11) is 0. The Labute approximate surface area is 182 Å². The van der Waals surface area contributed by atoms with Crippen LogP contribution in [0.2, 0.25) is 0 Å². The highest BCUT2D eigenvalue weighted by atomic mass is 79.9. The second-order valence-electron chi connectivity index (χ2n) is 6.22. The SMILES string of the molecule is CCN(Cc1ccc(Br)s1)C(=O)COc1ccccc1C(=O)Nc1ccccc1. The molecule has 3 aromatic rings. The molecule has 0 aliphatic carbocycles. The number of rotatable bonds is 8. The predicted molar refractivity (Wildman–Crippen MR) is 119 cm³/mol. The molecule has 0 fully saturated rings. The van der Waals surface area contributed by atoms with E-state index in [1.807, 2.05) is 49.4 Å². The number of benzene rings is 2. The number of nitrogens with zero attached hydrogens (tertiary/aromatic N) is 1. The zero-order valence-corrected chi connectivity index (χ0v) is 18.3. The van der Waals surface area contributed by atoms with Crippen molar-refractivity contribution in [3.63, 3.8) is 0 Å². The molecule has 29 heavy (non-hydrogen) atoms. The third-order valence-electron chi connectivity index (χ3n) is 4.22. The second kappa shape index (κ2) is 10.2. The lowest BCUT2D eigenvalue weighted by Crippen LogP contribution is -2.34. The summed E-state index contributed by atoms with van der Waals surface area (Å²) in [5.74, 6) is -0.0328. The number of hydrogen-bond acceptors (Lipinski definition) is 4. The molecule has 0 unspecified atom stereocenters. The van der Waals surface area contributed by atoms with Gasteiger partial charge >= 0.3 is 0 Å². The van der Waals surface area contributed by atoms with E-state index in [0.29, 0.717) is 30.1 Å². The Morgan fingerprint density at radius 3 is 2.45 bits per heavy atom. The van der Waals surface area contributed by atoms with Crippen LogP contribution in [0.4, 0.5) is 5.69 Å². The first-order valence-electron chi connectivity index (χ1n) is 9.17. The standard InChI is InChI=1S/C22H21BrN2O3S/c1-2-25(14-17-12-13-20(23)29-17)21(26)15-28-19-11-7-6-10-18(19)22(27)24-16-8-4-3-5-9-16/h3-13H,2,14-15H2,1H3,(H,24,27). The summed E-state index contributed by atoms with van der Waals surface area (Å²) in [6.07, 6.45) is 0. The average Bonchev–Trinajstić information content (AvgIpc) is 3.16. The van der Waals surface area contributed by atoms with E-state index in [1.54, 1.807) is 40.5 Å². The summed E-state index contributed by atoms with van der Waals surface area (Å²) in [4.78, 5) is 28.1. The third-order valence-corrected chi connectivity index (χ3v) is 5.83. The first-order chi connectivity index (χ1) is 14.1. The van der Waals surface area contributed by atoms with Gasteiger partial charge in [0.1, 0.15) is 5.75 Å². The molecule has 2 amide bonds. The van der Waals surface area contributed by atoms with E-state index in [0.717, 1.165) is 8.66 Å². The van der Waals surface area contributed by atoms with Crippen LogP contribution in [0.25, 0.3) is 0 Å². The van der Waals surface area contributed by atoms with Gasteiger partial charge in [-0.25, -0.2) is 0 Å². The van der Waals surface area contributed by atoms with Gasteiger partial charge in [-0.05, 0) is 59.3 Å². The number of amides is 2. The minimum Gasteiger partial charge on any atom is -0.483 e. The molecule has 1 N–H and O–H groups in total. The molecule has 0 spiro atoms. The van der Waals surface area contributed by atoms with Crippen LogP contribution in [-0.4, -0.2) is 29.9 Å². The largest absolute Gasteiger partial charge is 0.483 e. The maximum Gasteiger partial charge on any atom is 0.260 e. The topological polar surface area (TPSA) is 58.6 Å². The molecule has 0 atom stereocenters. The summed E-state index contributed by atoms with van der Waals surface area (Å²) in [6, 6.07) is 20.1. The van der Waals surface area contributed by atoms with Crippen LogP contribution in [-0.2, 0) is 11.3 Å². The number of carbonyl (C=O) groups excluding carboxylic acids is 2. The molecule has 3 rings (SSSR count). The summed E-state index contributed by atoms with van der Waals surface area (Å²) >= 11 is 5.04. The minimum absolute atomic E-state index is 0.129. The van der Waals surface area contributed by atoms with Crippen LogP contribution in [0.5, 0.6) is 5.75 Å². The van der Waals surface area contributed by atoms with Crippen molar-refractivity contribution < 1.29 is 14.3 Å². The maximum atomic E-state index is 12.6. The number of carbonyl (C=O) groups is 2. The Kier molecular flexibility index (Phi) is 7.43. The van der Waals surface area contributed by atoms with Gasteiger partial charge in [-0.1, -0.05) is 30.3 Å². The highest BCUT2D eigenvalue weighted by Crippen LogP contribution is 2.24. The molecule has 150 valence electrons. The smallest absolute Gasteiger partial charge is 0.260 e. The molecule has 0 saturated heterocycles. The van der Waals surface area contributed by atoms with Gasteiger partial charge in [-0.15, -0.1) is 11.3 Å². The average molecular weight is 473 g/mol. The quantitative estimate of drug-likeness (QED) is 0.490. The van der Waals surface area contributed by atoms with Crippen LogP contribution in [0.3, 0.4) is 0 Å². The van der Waals surface area contributed by atoms with E-state index >= 15 is 0 Å². The molecule has 0 aliphatic heterocycles. The first kappa shape index (κ1) is 21.1. The van der Waals surface area contributed by atoms with Gasteiger partial charge in [0.05, 0.1) is 15.9 Å². The lowest BCUT2D eigenvalue weighted by molar-refractivity contribution is -0.133. The summed E-state index contributed by atoms with van der Waals surface area (Å²) in [5, 5.41) is 2.84. The predicted octanol–water partition coefficient (Wildman–Crippen LogP) is 5.19.